The maximum Gasteiger partial charge on any atom is 0.168 e. The second-order valence-corrected chi connectivity index (χ2v) is 9.10. The van der Waals surface area contributed by atoms with Crippen LogP contribution in [0, 0.1) is 22.7 Å². The third-order valence-corrected chi connectivity index (χ3v) is 7.05. The minimum absolute atomic E-state index is 0.00883. The second-order valence-electron chi connectivity index (χ2n) is 9.10. The van der Waals surface area contributed by atoms with Crippen LogP contribution < -0.4 is 0 Å². The van der Waals surface area contributed by atoms with E-state index in [0.29, 0.717) is 18.1 Å². The van der Waals surface area contributed by atoms with Crippen LogP contribution in [0.2, 0.25) is 0 Å². The molecule has 1 aromatic rings. The molecule has 2 saturated carbocycles. The lowest BCUT2D eigenvalue weighted by Crippen LogP contribution is -2.47. The standard InChI is InChI=1S/C22H30O4/c1-13-6-7-18-21(2,3)8-5-9-22(18,4)16(13)11-15-19(25)14(12-23)10-17(24)20(15)26/h10-13,18,24-26H,5-9H2,1-4H3/t13-,18+,22+/m0/s1. The number of hydrogen-bond donors (Lipinski definition) is 3. The molecule has 2 aliphatic carbocycles. The first-order valence-electron chi connectivity index (χ1n) is 9.57. The number of hydrogen-bond acceptors (Lipinski definition) is 4. The predicted molar refractivity (Wildman–Crippen MR) is 102 cm³/mol. The van der Waals surface area contributed by atoms with Crippen molar-refractivity contribution in [1.82, 2.24) is 0 Å². The molecule has 26 heavy (non-hydrogen) atoms. The Morgan fingerprint density at radius 3 is 2.42 bits per heavy atom. The van der Waals surface area contributed by atoms with Crippen molar-refractivity contribution in [3.63, 3.8) is 0 Å². The van der Waals surface area contributed by atoms with Crippen molar-refractivity contribution in [2.75, 3.05) is 0 Å². The highest BCUT2D eigenvalue weighted by Gasteiger charge is 2.51. The Morgan fingerprint density at radius 1 is 1.08 bits per heavy atom. The normalized spacial score (nSPS) is 32.2. The lowest BCUT2D eigenvalue weighted by atomic mass is 9.48. The first kappa shape index (κ1) is 18.8. The van der Waals surface area contributed by atoms with Crippen molar-refractivity contribution >= 4 is 12.4 Å². The molecule has 0 saturated heterocycles. The smallest absolute Gasteiger partial charge is 0.168 e. The van der Waals surface area contributed by atoms with Gasteiger partial charge >= 0.3 is 0 Å². The summed E-state index contributed by atoms with van der Waals surface area (Å²) >= 11 is 0. The summed E-state index contributed by atoms with van der Waals surface area (Å²) in [5, 5.41) is 30.7. The van der Waals surface area contributed by atoms with Crippen molar-refractivity contribution in [2.45, 2.75) is 59.8 Å². The van der Waals surface area contributed by atoms with Crippen LogP contribution in [0.4, 0.5) is 0 Å². The molecule has 2 aliphatic rings. The topological polar surface area (TPSA) is 77.8 Å². The number of fused-ring (bicyclic) bond motifs is 1. The maximum atomic E-state index is 11.2. The van der Waals surface area contributed by atoms with E-state index in [4.69, 9.17) is 0 Å². The summed E-state index contributed by atoms with van der Waals surface area (Å²) in [6.07, 6.45) is 8.02. The van der Waals surface area contributed by atoms with Gasteiger partial charge in [0.2, 0.25) is 0 Å². The number of carbonyl (C=O) groups excluding carboxylic acids is 1. The van der Waals surface area contributed by atoms with Gasteiger partial charge in [-0.25, -0.2) is 0 Å². The van der Waals surface area contributed by atoms with Gasteiger partial charge in [0.05, 0.1) is 11.1 Å². The average molecular weight is 358 g/mol. The quantitative estimate of drug-likeness (QED) is 0.383. The number of phenols is 3. The van der Waals surface area contributed by atoms with Gasteiger partial charge in [0.15, 0.2) is 17.8 Å². The van der Waals surface area contributed by atoms with E-state index < -0.39 is 0 Å². The summed E-state index contributed by atoms with van der Waals surface area (Å²) in [7, 11) is 0. The van der Waals surface area contributed by atoms with Crippen molar-refractivity contribution in [1.29, 1.82) is 0 Å². The summed E-state index contributed by atoms with van der Waals surface area (Å²) in [5.74, 6) is -0.153. The van der Waals surface area contributed by atoms with Crippen LogP contribution in [0.1, 0.15) is 75.7 Å². The number of benzene rings is 1. The van der Waals surface area contributed by atoms with E-state index in [0.717, 1.165) is 25.3 Å². The van der Waals surface area contributed by atoms with E-state index in [1.807, 2.05) is 6.08 Å². The highest BCUT2D eigenvalue weighted by Crippen LogP contribution is 2.61. The Balaban J connectivity index is 2.18. The Kier molecular flexibility index (Phi) is 4.58. The van der Waals surface area contributed by atoms with Gasteiger partial charge in [0, 0.05) is 0 Å². The van der Waals surface area contributed by atoms with Crippen LogP contribution in [-0.2, 0) is 0 Å². The van der Waals surface area contributed by atoms with Crippen molar-refractivity contribution < 1.29 is 20.1 Å². The molecule has 0 aliphatic heterocycles. The zero-order valence-corrected chi connectivity index (χ0v) is 16.2. The fourth-order valence-electron chi connectivity index (χ4n) is 5.69. The van der Waals surface area contributed by atoms with Gasteiger partial charge in [-0.1, -0.05) is 39.7 Å². The number of rotatable bonds is 2. The minimum Gasteiger partial charge on any atom is -0.506 e. The van der Waals surface area contributed by atoms with Crippen LogP contribution in [0.3, 0.4) is 0 Å². The molecule has 0 heterocycles. The summed E-state index contributed by atoms with van der Waals surface area (Å²) in [5.41, 5.74) is 1.59. The van der Waals surface area contributed by atoms with Gasteiger partial charge in [-0.3, -0.25) is 4.79 Å². The fraction of sp³-hybridized carbons (Fsp3) is 0.591. The molecule has 0 amide bonds. The number of aldehydes is 1. The van der Waals surface area contributed by atoms with Crippen LogP contribution in [-0.4, -0.2) is 21.6 Å². The van der Waals surface area contributed by atoms with E-state index in [2.05, 4.69) is 27.7 Å². The number of aromatic hydroxyl groups is 3. The predicted octanol–water partition coefficient (Wildman–Crippen LogP) is 5.26. The molecule has 4 nitrogen and oxygen atoms in total. The van der Waals surface area contributed by atoms with E-state index in [9.17, 15) is 20.1 Å². The second kappa shape index (κ2) is 6.33. The fourth-order valence-corrected chi connectivity index (χ4v) is 5.69. The van der Waals surface area contributed by atoms with E-state index in [1.165, 1.54) is 18.4 Å². The first-order valence-corrected chi connectivity index (χ1v) is 9.57. The average Bonchev–Trinajstić information content (AvgIpc) is 2.56. The molecular formula is C22H30O4. The lowest BCUT2D eigenvalue weighted by molar-refractivity contribution is -0.00535. The summed E-state index contributed by atoms with van der Waals surface area (Å²) in [4.78, 5) is 11.2. The Bertz CT molecular complexity index is 762. The van der Waals surface area contributed by atoms with E-state index in [1.54, 1.807) is 0 Å². The van der Waals surface area contributed by atoms with Gasteiger partial charge in [-0.05, 0) is 60.5 Å². The number of phenolic OH excluding ortho intramolecular Hbond substituents is 3. The van der Waals surface area contributed by atoms with Gasteiger partial charge in [0.1, 0.15) is 5.75 Å². The van der Waals surface area contributed by atoms with Crippen LogP contribution in [0.15, 0.2) is 11.6 Å². The molecule has 2 fully saturated rings. The third-order valence-electron chi connectivity index (χ3n) is 7.05. The van der Waals surface area contributed by atoms with Gasteiger partial charge in [0.25, 0.3) is 0 Å². The molecule has 1 aromatic carbocycles. The summed E-state index contributed by atoms with van der Waals surface area (Å²) in [6.45, 7) is 9.18. The van der Waals surface area contributed by atoms with Crippen LogP contribution in [0.25, 0.3) is 6.08 Å². The largest absolute Gasteiger partial charge is 0.506 e. The molecule has 3 atom stereocenters. The van der Waals surface area contributed by atoms with Crippen LogP contribution >= 0.6 is 0 Å². The third kappa shape index (κ3) is 2.80. The van der Waals surface area contributed by atoms with Crippen molar-refractivity contribution in [2.24, 2.45) is 22.7 Å². The zero-order valence-electron chi connectivity index (χ0n) is 16.2. The molecule has 4 heteroatoms. The molecule has 3 N–H and O–H groups in total. The minimum atomic E-state index is -0.383. The van der Waals surface area contributed by atoms with Gasteiger partial charge in [-0.2, -0.15) is 0 Å². The molecule has 3 rings (SSSR count). The molecular weight excluding hydrogens is 328 g/mol. The molecule has 0 unspecified atom stereocenters. The zero-order chi connectivity index (χ0) is 19.3. The van der Waals surface area contributed by atoms with Crippen molar-refractivity contribution in [3.8, 4) is 17.2 Å². The molecule has 0 bridgehead atoms. The van der Waals surface area contributed by atoms with E-state index >= 15 is 0 Å². The highest BCUT2D eigenvalue weighted by atomic mass is 16.3. The Morgan fingerprint density at radius 2 is 1.77 bits per heavy atom. The molecule has 0 spiro atoms. The summed E-state index contributed by atoms with van der Waals surface area (Å²) in [6, 6.07) is 1.10. The van der Waals surface area contributed by atoms with E-state index in [-0.39, 0.29) is 39.2 Å². The Labute approximate surface area is 155 Å². The summed E-state index contributed by atoms with van der Waals surface area (Å²) < 4.78 is 0. The molecule has 0 aromatic heterocycles. The highest BCUT2D eigenvalue weighted by molar-refractivity contribution is 5.86. The molecule has 142 valence electrons. The monoisotopic (exact) mass is 358 g/mol. The van der Waals surface area contributed by atoms with Crippen molar-refractivity contribution in [3.05, 3.63) is 22.8 Å². The number of allylic oxidation sites excluding steroid dienone is 1. The maximum absolute atomic E-state index is 11.2. The molecule has 0 radical (unpaired) electrons. The SMILES string of the molecule is C[C@H]1CC[C@@H]2C(C)(C)CCC[C@]2(C)C1=Cc1c(O)c(O)cc(C=O)c1O. The Hall–Kier alpha value is -1.97. The first-order chi connectivity index (χ1) is 12.1. The van der Waals surface area contributed by atoms with Gasteiger partial charge in [-0.15, -0.1) is 0 Å². The lowest BCUT2D eigenvalue weighted by Gasteiger charge is -2.56. The van der Waals surface area contributed by atoms with Gasteiger partial charge < -0.3 is 15.3 Å². The van der Waals surface area contributed by atoms with Crippen LogP contribution in [0.5, 0.6) is 17.2 Å². The number of carbonyl (C=O) groups is 1.